The molecule has 0 aliphatic carbocycles. The average molecular weight is 323 g/mol. The molecule has 2 N–H and O–H groups in total. The molecule has 0 spiro atoms. The molecule has 1 aromatic carbocycles. The van der Waals surface area contributed by atoms with Crippen molar-refractivity contribution in [2.75, 3.05) is 18.5 Å². The lowest BCUT2D eigenvalue weighted by atomic mass is 10.2. The molecule has 2 heterocycles. The number of hydrogen-bond donors (Lipinski definition) is 2. The summed E-state index contributed by atoms with van der Waals surface area (Å²) < 4.78 is 13.1. The summed E-state index contributed by atoms with van der Waals surface area (Å²) in [7, 11) is 1.71. The van der Waals surface area contributed by atoms with Crippen molar-refractivity contribution in [2.45, 2.75) is 0 Å². The van der Waals surface area contributed by atoms with Crippen LogP contribution in [0.25, 0.3) is 11.0 Å². The Balaban J connectivity index is 1.78. The first-order valence-corrected chi connectivity index (χ1v) is 7.20. The number of fused-ring (bicyclic) bond motifs is 1. The van der Waals surface area contributed by atoms with E-state index in [0.717, 1.165) is 17.4 Å². The molecule has 0 aliphatic rings. The number of likely N-dealkylation sites (N-methyl/N-ethyl adjacent to an activating group) is 1. The van der Waals surface area contributed by atoms with Crippen molar-refractivity contribution in [1.29, 1.82) is 0 Å². The number of aromatic amines is 1. The summed E-state index contributed by atoms with van der Waals surface area (Å²) in [6.45, 7) is -0.0658. The van der Waals surface area contributed by atoms with E-state index < -0.39 is 5.97 Å². The van der Waals surface area contributed by atoms with Gasteiger partial charge in [-0.25, -0.2) is 9.37 Å². The first kappa shape index (κ1) is 15.6. The number of halogens is 1. The number of carbonyl (C=O) groups is 1. The number of carboxylic acids is 1. The van der Waals surface area contributed by atoms with Crippen LogP contribution in [0.1, 0.15) is 11.3 Å². The highest BCUT2D eigenvalue weighted by Gasteiger charge is 2.05. The molecule has 2 aromatic heterocycles. The number of aliphatic carboxylic acids is 1. The zero-order chi connectivity index (χ0) is 17.1. The molecule has 0 radical (unpaired) electrons. The molecule has 0 amide bonds. The van der Waals surface area contributed by atoms with E-state index in [2.05, 4.69) is 21.8 Å². The van der Waals surface area contributed by atoms with Gasteiger partial charge in [-0.05, 0) is 42.3 Å². The molecule has 3 aromatic rings. The topological polar surface area (TPSA) is 69.2 Å². The molecular weight excluding hydrogens is 309 g/mol. The summed E-state index contributed by atoms with van der Waals surface area (Å²) in [5.41, 5.74) is 2.83. The molecule has 0 aliphatic heterocycles. The van der Waals surface area contributed by atoms with Gasteiger partial charge in [-0.2, -0.15) is 0 Å². The van der Waals surface area contributed by atoms with Gasteiger partial charge in [0.15, 0.2) is 0 Å². The third kappa shape index (κ3) is 3.52. The number of carboxylic acid groups (broad SMARTS) is 1. The Hall–Kier alpha value is -3.33. The molecule has 0 fully saturated rings. The summed E-state index contributed by atoms with van der Waals surface area (Å²) in [5.74, 6) is 4.71. The van der Waals surface area contributed by atoms with Crippen molar-refractivity contribution in [3.8, 4) is 11.8 Å². The lowest BCUT2D eigenvalue weighted by molar-refractivity contribution is -0.135. The van der Waals surface area contributed by atoms with Crippen LogP contribution in [0.3, 0.4) is 0 Å². The van der Waals surface area contributed by atoms with Crippen molar-refractivity contribution in [1.82, 2.24) is 9.97 Å². The predicted octanol–water partition coefficient (Wildman–Crippen LogP) is 2.62. The standard InChI is InChI=1S/C18H14FN3O2/c1-22(11-17(23)24)16-6-3-12(4-7-16)2-5-15-9-13-8-14(19)10-20-18(13)21-15/h3-4,6-10H,11H2,1H3,(H,20,21)(H,23,24). The number of nitrogens with one attached hydrogen (secondary N) is 1. The van der Waals surface area contributed by atoms with Gasteiger partial charge in [0, 0.05) is 23.7 Å². The number of nitrogens with zero attached hydrogens (tertiary/aromatic N) is 2. The van der Waals surface area contributed by atoms with Crippen LogP contribution < -0.4 is 4.90 Å². The number of hydrogen-bond acceptors (Lipinski definition) is 3. The molecule has 120 valence electrons. The number of benzene rings is 1. The summed E-state index contributed by atoms with van der Waals surface area (Å²) in [4.78, 5) is 19.3. The third-order valence-electron chi connectivity index (χ3n) is 3.46. The van der Waals surface area contributed by atoms with E-state index >= 15 is 0 Å². The van der Waals surface area contributed by atoms with E-state index in [4.69, 9.17) is 5.11 Å². The summed E-state index contributed by atoms with van der Waals surface area (Å²) in [6, 6.07) is 10.4. The number of rotatable bonds is 3. The summed E-state index contributed by atoms with van der Waals surface area (Å²) in [5, 5.41) is 9.46. The minimum atomic E-state index is -0.884. The smallest absolute Gasteiger partial charge is 0.323 e. The van der Waals surface area contributed by atoms with Crippen LogP contribution in [0.4, 0.5) is 10.1 Å². The van der Waals surface area contributed by atoms with E-state index in [1.165, 1.54) is 6.07 Å². The van der Waals surface area contributed by atoms with Crippen LogP contribution in [0, 0.1) is 17.7 Å². The van der Waals surface area contributed by atoms with Crippen molar-refractivity contribution in [2.24, 2.45) is 0 Å². The maximum atomic E-state index is 13.1. The first-order chi connectivity index (χ1) is 11.5. The highest BCUT2D eigenvalue weighted by Crippen LogP contribution is 2.15. The number of H-pyrrole nitrogens is 1. The summed E-state index contributed by atoms with van der Waals surface area (Å²) in [6.07, 6.45) is 1.16. The molecule has 0 saturated heterocycles. The predicted molar refractivity (Wildman–Crippen MR) is 89.4 cm³/mol. The minimum absolute atomic E-state index is 0.0658. The molecule has 0 unspecified atom stereocenters. The van der Waals surface area contributed by atoms with Crippen molar-refractivity contribution in [3.63, 3.8) is 0 Å². The molecule has 0 bridgehead atoms. The second-order valence-corrected chi connectivity index (χ2v) is 5.32. The lowest BCUT2D eigenvalue weighted by Crippen LogP contribution is -2.24. The second-order valence-electron chi connectivity index (χ2n) is 5.32. The van der Waals surface area contributed by atoms with E-state index in [1.807, 2.05) is 24.3 Å². The Bertz CT molecular complexity index is 952. The molecular formula is C18H14FN3O2. The van der Waals surface area contributed by atoms with Gasteiger partial charge in [-0.15, -0.1) is 0 Å². The second kappa shape index (κ2) is 6.42. The average Bonchev–Trinajstić information content (AvgIpc) is 2.94. The number of pyridine rings is 1. The molecule has 24 heavy (non-hydrogen) atoms. The van der Waals surface area contributed by atoms with Crippen LogP contribution in [0.15, 0.2) is 42.6 Å². The fourth-order valence-electron chi connectivity index (χ4n) is 2.29. The van der Waals surface area contributed by atoms with Gasteiger partial charge in [0.2, 0.25) is 0 Å². The van der Waals surface area contributed by atoms with Crippen molar-refractivity contribution < 1.29 is 14.3 Å². The first-order valence-electron chi connectivity index (χ1n) is 7.20. The number of aromatic nitrogens is 2. The fourth-order valence-corrected chi connectivity index (χ4v) is 2.29. The van der Waals surface area contributed by atoms with Crippen LogP contribution in [-0.2, 0) is 4.79 Å². The Kier molecular flexibility index (Phi) is 4.17. The Labute approximate surface area is 137 Å². The zero-order valence-corrected chi connectivity index (χ0v) is 12.9. The molecule has 3 rings (SSSR count). The maximum Gasteiger partial charge on any atom is 0.323 e. The van der Waals surface area contributed by atoms with Gasteiger partial charge in [0.1, 0.15) is 18.0 Å². The number of anilines is 1. The normalized spacial score (nSPS) is 10.2. The molecule has 0 saturated carbocycles. The highest BCUT2D eigenvalue weighted by atomic mass is 19.1. The molecule has 5 nitrogen and oxygen atoms in total. The van der Waals surface area contributed by atoms with Gasteiger partial charge in [0.25, 0.3) is 0 Å². The van der Waals surface area contributed by atoms with E-state index in [-0.39, 0.29) is 12.4 Å². The van der Waals surface area contributed by atoms with E-state index in [1.54, 1.807) is 18.0 Å². The van der Waals surface area contributed by atoms with E-state index in [9.17, 15) is 9.18 Å². The SMILES string of the molecule is CN(CC(=O)O)c1ccc(C#Cc2cc3cc(F)cnc3[nH]2)cc1. The van der Waals surface area contributed by atoms with Crippen LogP contribution >= 0.6 is 0 Å². The largest absolute Gasteiger partial charge is 0.480 e. The van der Waals surface area contributed by atoms with Crippen LogP contribution in [-0.4, -0.2) is 34.6 Å². The minimum Gasteiger partial charge on any atom is -0.480 e. The highest BCUT2D eigenvalue weighted by molar-refractivity contribution is 5.77. The molecule has 0 atom stereocenters. The van der Waals surface area contributed by atoms with Gasteiger partial charge < -0.3 is 15.0 Å². The van der Waals surface area contributed by atoms with Crippen LogP contribution in [0.5, 0.6) is 0 Å². The monoisotopic (exact) mass is 323 g/mol. The Morgan fingerprint density at radius 2 is 2.04 bits per heavy atom. The fraction of sp³-hybridized carbons (Fsp3) is 0.111. The Morgan fingerprint density at radius 1 is 1.29 bits per heavy atom. The van der Waals surface area contributed by atoms with Crippen LogP contribution in [0.2, 0.25) is 0 Å². The van der Waals surface area contributed by atoms with Crippen molar-refractivity contribution >= 4 is 22.7 Å². The van der Waals surface area contributed by atoms with Gasteiger partial charge in [-0.1, -0.05) is 5.92 Å². The van der Waals surface area contributed by atoms with Crippen molar-refractivity contribution in [3.05, 3.63) is 59.7 Å². The van der Waals surface area contributed by atoms with Gasteiger partial charge in [0.05, 0.1) is 11.9 Å². The molecule has 6 heteroatoms. The lowest BCUT2D eigenvalue weighted by Gasteiger charge is -2.16. The Morgan fingerprint density at radius 3 is 2.75 bits per heavy atom. The van der Waals surface area contributed by atoms with Gasteiger partial charge in [-0.3, -0.25) is 4.79 Å². The third-order valence-corrected chi connectivity index (χ3v) is 3.46. The van der Waals surface area contributed by atoms with Gasteiger partial charge >= 0.3 is 5.97 Å². The quantitative estimate of drug-likeness (QED) is 0.727. The van der Waals surface area contributed by atoms with E-state index in [0.29, 0.717) is 16.7 Å². The zero-order valence-electron chi connectivity index (χ0n) is 12.9. The maximum absolute atomic E-state index is 13.1. The summed E-state index contributed by atoms with van der Waals surface area (Å²) >= 11 is 0.